The number of carboxylic acid groups (broad SMARTS) is 1. The Morgan fingerprint density at radius 3 is 3.07 bits per heavy atom. The molecule has 0 unspecified atom stereocenters. The first-order chi connectivity index (χ1) is 6.68. The van der Waals surface area contributed by atoms with Crippen LogP contribution in [0, 0.1) is 0 Å². The number of hydrogen-bond donors (Lipinski definition) is 2. The molecule has 3 N–H and O–H groups in total. The summed E-state index contributed by atoms with van der Waals surface area (Å²) in [5.74, 6) is -0.925. The lowest BCUT2D eigenvalue weighted by atomic mass is 9.97. The zero-order valence-electron chi connectivity index (χ0n) is 7.56. The molecule has 0 radical (unpaired) electrons. The first-order valence-electron chi connectivity index (χ1n) is 4.38. The summed E-state index contributed by atoms with van der Waals surface area (Å²) in [6.45, 7) is 0.971. The number of aromatic carboxylic acids is 1. The Hall–Kier alpha value is -1.39. The van der Waals surface area contributed by atoms with Crippen LogP contribution in [0.1, 0.15) is 27.5 Å². The zero-order chi connectivity index (χ0) is 10.1. The van der Waals surface area contributed by atoms with Crippen molar-refractivity contribution in [3.63, 3.8) is 0 Å². The maximum Gasteiger partial charge on any atom is 0.335 e. The maximum absolute atomic E-state index is 10.7. The Bertz CT molecular complexity index is 376. The molecule has 1 aliphatic rings. The molecule has 4 nitrogen and oxygen atoms in total. The smallest absolute Gasteiger partial charge is 0.335 e. The first-order valence-corrected chi connectivity index (χ1v) is 4.38. The Labute approximate surface area is 81.3 Å². The fourth-order valence-electron chi connectivity index (χ4n) is 1.59. The molecule has 74 valence electrons. The minimum atomic E-state index is -0.925. The van der Waals surface area contributed by atoms with Crippen molar-refractivity contribution in [3.8, 4) is 0 Å². The van der Waals surface area contributed by atoms with E-state index < -0.39 is 5.97 Å². The van der Waals surface area contributed by atoms with Crippen LogP contribution in [0.2, 0.25) is 0 Å². The van der Waals surface area contributed by atoms with Crippen LogP contribution in [-0.4, -0.2) is 17.7 Å². The lowest BCUT2D eigenvalue weighted by molar-refractivity contribution is 0.0694. The van der Waals surface area contributed by atoms with Crippen molar-refractivity contribution in [2.45, 2.75) is 12.6 Å². The molecule has 1 aliphatic heterocycles. The molecule has 0 saturated heterocycles. The molecule has 0 saturated carbocycles. The van der Waals surface area contributed by atoms with Crippen molar-refractivity contribution >= 4 is 5.97 Å². The molecule has 1 aromatic carbocycles. The van der Waals surface area contributed by atoms with E-state index in [2.05, 4.69) is 0 Å². The van der Waals surface area contributed by atoms with Gasteiger partial charge in [-0.1, -0.05) is 6.07 Å². The summed E-state index contributed by atoms with van der Waals surface area (Å²) in [4.78, 5) is 10.7. The number of fused-ring (bicyclic) bond motifs is 1. The third-order valence-electron chi connectivity index (χ3n) is 2.35. The summed E-state index contributed by atoms with van der Waals surface area (Å²) in [7, 11) is 0. The minimum Gasteiger partial charge on any atom is -0.478 e. The van der Waals surface area contributed by atoms with Crippen LogP contribution in [-0.2, 0) is 11.3 Å². The van der Waals surface area contributed by atoms with Crippen LogP contribution in [0.25, 0.3) is 0 Å². The third kappa shape index (κ3) is 1.49. The SMILES string of the molecule is N[C@H]1COCc2ccc(C(=O)O)cc21. The van der Waals surface area contributed by atoms with Crippen LogP contribution >= 0.6 is 0 Å². The molecule has 1 aromatic rings. The van der Waals surface area contributed by atoms with E-state index in [0.717, 1.165) is 11.1 Å². The Balaban J connectivity index is 2.45. The van der Waals surface area contributed by atoms with Crippen molar-refractivity contribution in [2.75, 3.05) is 6.61 Å². The molecule has 1 heterocycles. The van der Waals surface area contributed by atoms with Gasteiger partial charge in [-0.05, 0) is 23.3 Å². The van der Waals surface area contributed by atoms with E-state index in [9.17, 15) is 4.79 Å². The number of benzene rings is 1. The van der Waals surface area contributed by atoms with Gasteiger partial charge in [0.05, 0.1) is 24.8 Å². The highest BCUT2D eigenvalue weighted by Crippen LogP contribution is 2.23. The topological polar surface area (TPSA) is 72.5 Å². The van der Waals surface area contributed by atoms with E-state index in [1.807, 2.05) is 0 Å². The number of carboxylic acids is 1. The van der Waals surface area contributed by atoms with Gasteiger partial charge < -0.3 is 15.6 Å². The highest BCUT2D eigenvalue weighted by atomic mass is 16.5. The molecule has 0 amide bonds. The predicted molar refractivity (Wildman–Crippen MR) is 50.0 cm³/mol. The van der Waals surface area contributed by atoms with Gasteiger partial charge in [-0.2, -0.15) is 0 Å². The Morgan fingerprint density at radius 2 is 2.36 bits per heavy atom. The highest BCUT2D eigenvalue weighted by Gasteiger charge is 2.18. The average molecular weight is 193 g/mol. The lowest BCUT2D eigenvalue weighted by Gasteiger charge is -2.22. The van der Waals surface area contributed by atoms with Crippen molar-refractivity contribution in [1.29, 1.82) is 0 Å². The van der Waals surface area contributed by atoms with E-state index in [1.54, 1.807) is 18.2 Å². The third-order valence-corrected chi connectivity index (χ3v) is 2.35. The van der Waals surface area contributed by atoms with Gasteiger partial charge in [0.15, 0.2) is 0 Å². The van der Waals surface area contributed by atoms with Gasteiger partial charge in [0.1, 0.15) is 0 Å². The summed E-state index contributed by atoms with van der Waals surface area (Å²) in [5.41, 5.74) is 7.94. The minimum absolute atomic E-state index is 0.210. The van der Waals surface area contributed by atoms with Crippen molar-refractivity contribution in [3.05, 3.63) is 34.9 Å². The highest BCUT2D eigenvalue weighted by molar-refractivity contribution is 5.88. The summed E-state index contributed by atoms with van der Waals surface area (Å²) < 4.78 is 5.24. The van der Waals surface area contributed by atoms with Gasteiger partial charge in [-0.3, -0.25) is 0 Å². The van der Waals surface area contributed by atoms with Gasteiger partial charge in [0, 0.05) is 0 Å². The number of carbonyl (C=O) groups is 1. The van der Waals surface area contributed by atoms with E-state index in [1.165, 1.54) is 0 Å². The van der Waals surface area contributed by atoms with Crippen molar-refractivity contribution in [2.24, 2.45) is 5.73 Å². The molecule has 0 aliphatic carbocycles. The van der Waals surface area contributed by atoms with Gasteiger partial charge >= 0.3 is 5.97 Å². The van der Waals surface area contributed by atoms with E-state index in [0.29, 0.717) is 13.2 Å². The summed E-state index contributed by atoms with van der Waals surface area (Å²) >= 11 is 0. The van der Waals surface area contributed by atoms with Gasteiger partial charge in [-0.25, -0.2) is 4.79 Å². The Kier molecular flexibility index (Phi) is 2.23. The van der Waals surface area contributed by atoms with Gasteiger partial charge in [0.2, 0.25) is 0 Å². The van der Waals surface area contributed by atoms with E-state index in [-0.39, 0.29) is 11.6 Å². The van der Waals surface area contributed by atoms with E-state index in [4.69, 9.17) is 15.6 Å². The molecule has 2 rings (SSSR count). The standard InChI is InChI=1S/C10H11NO3/c11-9-5-14-4-7-2-1-6(10(12)13)3-8(7)9/h1-3,9H,4-5,11H2,(H,12,13)/t9-/m0/s1. The predicted octanol–water partition coefficient (Wildman–Crippen LogP) is 0.915. The van der Waals surface area contributed by atoms with E-state index >= 15 is 0 Å². The number of nitrogens with two attached hydrogens (primary N) is 1. The first kappa shape index (κ1) is 9.18. The second-order valence-electron chi connectivity index (χ2n) is 3.34. The van der Waals surface area contributed by atoms with Crippen LogP contribution in [0.4, 0.5) is 0 Å². The monoisotopic (exact) mass is 193 g/mol. The molecular weight excluding hydrogens is 182 g/mol. The number of rotatable bonds is 1. The molecular formula is C10H11NO3. The fourth-order valence-corrected chi connectivity index (χ4v) is 1.59. The molecule has 14 heavy (non-hydrogen) atoms. The quantitative estimate of drug-likeness (QED) is 0.695. The van der Waals surface area contributed by atoms with Crippen LogP contribution in [0.15, 0.2) is 18.2 Å². The molecule has 0 bridgehead atoms. The normalized spacial score (nSPS) is 20.2. The summed E-state index contributed by atoms with van der Waals surface area (Å²) in [5, 5.41) is 8.80. The molecule has 0 fully saturated rings. The van der Waals surface area contributed by atoms with Crippen LogP contribution in [0.5, 0.6) is 0 Å². The largest absolute Gasteiger partial charge is 0.478 e. The average Bonchev–Trinajstić information content (AvgIpc) is 2.18. The fraction of sp³-hybridized carbons (Fsp3) is 0.300. The van der Waals surface area contributed by atoms with Crippen LogP contribution in [0.3, 0.4) is 0 Å². The van der Waals surface area contributed by atoms with Crippen molar-refractivity contribution < 1.29 is 14.6 Å². The van der Waals surface area contributed by atoms with Gasteiger partial charge in [-0.15, -0.1) is 0 Å². The number of ether oxygens (including phenoxy) is 1. The van der Waals surface area contributed by atoms with Crippen molar-refractivity contribution in [1.82, 2.24) is 0 Å². The number of hydrogen-bond acceptors (Lipinski definition) is 3. The summed E-state index contributed by atoms with van der Waals surface area (Å²) in [6.07, 6.45) is 0. The lowest BCUT2D eigenvalue weighted by Crippen LogP contribution is -2.23. The maximum atomic E-state index is 10.7. The summed E-state index contributed by atoms with van der Waals surface area (Å²) in [6, 6.07) is 4.75. The molecule has 1 atom stereocenters. The molecule has 0 spiro atoms. The zero-order valence-corrected chi connectivity index (χ0v) is 7.56. The van der Waals surface area contributed by atoms with Crippen LogP contribution < -0.4 is 5.73 Å². The second-order valence-corrected chi connectivity index (χ2v) is 3.34. The van der Waals surface area contributed by atoms with Gasteiger partial charge in [0.25, 0.3) is 0 Å². The Morgan fingerprint density at radius 1 is 1.57 bits per heavy atom. The second kappa shape index (κ2) is 3.40. The molecule has 0 aromatic heterocycles. The molecule has 4 heteroatoms.